The number of hydrogen-bond donors (Lipinski definition) is 2. The monoisotopic (exact) mass is 424 g/mol. The van der Waals surface area contributed by atoms with Crippen molar-refractivity contribution >= 4 is 51.2 Å². The molecule has 29 heavy (non-hydrogen) atoms. The number of hydrogen-bond acceptors (Lipinski definition) is 2. The predicted octanol–water partition coefficient (Wildman–Crippen LogP) is 5.99. The SMILES string of the molecule is Cc1cc(NC(=S)Nc2cccc3ccccc23)nn1Cc1c(F)cccc1Cl. The maximum absolute atomic E-state index is 14.1. The zero-order chi connectivity index (χ0) is 20.4. The lowest BCUT2D eigenvalue weighted by Crippen LogP contribution is -2.19. The van der Waals surface area contributed by atoms with E-state index in [9.17, 15) is 4.39 Å². The number of halogens is 2. The maximum Gasteiger partial charge on any atom is 0.176 e. The summed E-state index contributed by atoms with van der Waals surface area (Å²) in [4.78, 5) is 0. The molecule has 0 saturated heterocycles. The molecule has 0 bridgehead atoms. The van der Waals surface area contributed by atoms with Crippen molar-refractivity contribution in [1.82, 2.24) is 9.78 Å². The first-order chi connectivity index (χ1) is 14.0. The van der Waals surface area contributed by atoms with E-state index < -0.39 is 0 Å². The van der Waals surface area contributed by atoms with Gasteiger partial charge in [-0.2, -0.15) is 5.10 Å². The maximum atomic E-state index is 14.1. The second kappa shape index (κ2) is 8.19. The number of thiocarbonyl (C=S) groups is 1. The van der Waals surface area contributed by atoms with Gasteiger partial charge in [-0.15, -0.1) is 0 Å². The van der Waals surface area contributed by atoms with Crippen molar-refractivity contribution in [3.05, 3.63) is 88.8 Å². The zero-order valence-electron chi connectivity index (χ0n) is 15.6. The highest BCUT2D eigenvalue weighted by atomic mass is 35.5. The van der Waals surface area contributed by atoms with Crippen molar-refractivity contribution in [2.75, 3.05) is 10.6 Å². The van der Waals surface area contributed by atoms with Crippen LogP contribution in [0.2, 0.25) is 5.02 Å². The van der Waals surface area contributed by atoms with Crippen molar-refractivity contribution in [2.24, 2.45) is 0 Å². The van der Waals surface area contributed by atoms with E-state index in [1.54, 1.807) is 16.8 Å². The third-order valence-electron chi connectivity index (χ3n) is 4.63. The molecule has 0 spiro atoms. The fourth-order valence-electron chi connectivity index (χ4n) is 3.17. The Morgan fingerprint density at radius 2 is 1.83 bits per heavy atom. The summed E-state index contributed by atoms with van der Waals surface area (Å²) in [7, 11) is 0. The molecule has 0 aliphatic heterocycles. The molecular weight excluding hydrogens is 407 g/mol. The first-order valence-corrected chi connectivity index (χ1v) is 9.83. The van der Waals surface area contributed by atoms with Crippen LogP contribution in [0.15, 0.2) is 66.7 Å². The molecule has 4 rings (SSSR count). The van der Waals surface area contributed by atoms with Crippen LogP contribution in [0.25, 0.3) is 10.8 Å². The van der Waals surface area contributed by atoms with E-state index in [-0.39, 0.29) is 12.4 Å². The van der Waals surface area contributed by atoms with Gasteiger partial charge in [0.2, 0.25) is 0 Å². The summed E-state index contributed by atoms with van der Waals surface area (Å²) in [5.74, 6) is 0.225. The molecule has 146 valence electrons. The van der Waals surface area contributed by atoms with Gasteiger partial charge >= 0.3 is 0 Å². The summed E-state index contributed by atoms with van der Waals surface area (Å²) in [5.41, 5.74) is 2.18. The van der Waals surface area contributed by atoms with Crippen molar-refractivity contribution < 1.29 is 4.39 Å². The summed E-state index contributed by atoms with van der Waals surface area (Å²) in [6.45, 7) is 2.14. The second-order valence-electron chi connectivity index (χ2n) is 6.63. The Bertz CT molecular complexity index is 1180. The molecule has 2 N–H and O–H groups in total. The van der Waals surface area contributed by atoms with Crippen LogP contribution in [0.4, 0.5) is 15.9 Å². The van der Waals surface area contributed by atoms with E-state index in [4.69, 9.17) is 23.8 Å². The Morgan fingerprint density at radius 3 is 2.66 bits per heavy atom. The zero-order valence-corrected chi connectivity index (χ0v) is 17.2. The topological polar surface area (TPSA) is 41.9 Å². The third kappa shape index (κ3) is 4.23. The van der Waals surface area contributed by atoms with Gasteiger partial charge in [0.1, 0.15) is 5.82 Å². The van der Waals surface area contributed by atoms with Crippen molar-refractivity contribution in [2.45, 2.75) is 13.5 Å². The number of nitrogens with zero attached hydrogens (tertiary/aromatic N) is 2. The number of aromatic nitrogens is 2. The number of aryl methyl sites for hydroxylation is 1. The number of nitrogens with one attached hydrogen (secondary N) is 2. The minimum Gasteiger partial charge on any atom is -0.332 e. The second-order valence-corrected chi connectivity index (χ2v) is 7.45. The number of benzene rings is 3. The number of anilines is 2. The Morgan fingerprint density at radius 1 is 1.07 bits per heavy atom. The van der Waals surface area contributed by atoms with E-state index in [1.807, 2.05) is 43.3 Å². The van der Waals surface area contributed by atoms with Gasteiger partial charge in [0.25, 0.3) is 0 Å². The molecule has 1 aromatic heterocycles. The lowest BCUT2D eigenvalue weighted by Gasteiger charge is -2.11. The first kappa shape index (κ1) is 19.4. The highest BCUT2D eigenvalue weighted by Crippen LogP contribution is 2.24. The molecule has 7 heteroatoms. The molecule has 0 amide bonds. The van der Waals surface area contributed by atoms with Crippen LogP contribution in [0.3, 0.4) is 0 Å². The molecule has 0 aliphatic rings. The number of rotatable bonds is 4. The van der Waals surface area contributed by atoms with Crippen LogP contribution in [-0.2, 0) is 6.54 Å². The molecule has 0 radical (unpaired) electrons. The van der Waals surface area contributed by atoms with Crippen LogP contribution in [-0.4, -0.2) is 14.9 Å². The molecule has 4 nitrogen and oxygen atoms in total. The van der Waals surface area contributed by atoms with Gasteiger partial charge in [0, 0.05) is 33.4 Å². The van der Waals surface area contributed by atoms with Crippen molar-refractivity contribution in [3.63, 3.8) is 0 Å². The molecule has 0 aliphatic carbocycles. The van der Waals surface area contributed by atoms with E-state index in [2.05, 4.69) is 27.9 Å². The molecule has 0 unspecified atom stereocenters. The van der Waals surface area contributed by atoms with Gasteiger partial charge in [-0.1, -0.05) is 54.1 Å². The van der Waals surface area contributed by atoms with E-state index in [0.29, 0.717) is 21.5 Å². The Kier molecular flexibility index (Phi) is 5.47. The summed E-state index contributed by atoms with van der Waals surface area (Å²) in [5, 5.41) is 13.8. The largest absolute Gasteiger partial charge is 0.332 e. The van der Waals surface area contributed by atoms with Crippen LogP contribution in [0.1, 0.15) is 11.3 Å². The fraction of sp³-hybridized carbons (Fsp3) is 0.0909. The summed E-state index contributed by atoms with van der Waals surface area (Å²) < 4.78 is 15.8. The molecule has 1 heterocycles. The molecular formula is C22H18ClFN4S. The Balaban J connectivity index is 1.50. The standard InChI is InChI=1S/C22H18ClFN4S/c1-14-12-21(27-28(14)13-17-18(23)9-5-10-19(17)24)26-22(29)25-20-11-4-7-15-6-2-3-8-16(15)20/h2-12H,13H2,1H3,(H2,25,26,27,29). The van der Waals surface area contributed by atoms with E-state index in [0.717, 1.165) is 22.2 Å². The van der Waals surface area contributed by atoms with Gasteiger partial charge in [-0.3, -0.25) is 4.68 Å². The average molecular weight is 425 g/mol. The lowest BCUT2D eigenvalue weighted by atomic mass is 10.1. The van der Waals surface area contributed by atoms with Gasteiger partial charge in [-0.05, 0) is 42.7 Å². The molecule has 0 saturated carbocycles. The minimum atomic E-state index is -0.352. The van der Waals surface area contributed by atoms with E-state index in [1.165, 1.54) is 6.07 Å². The smallest absolute Gasteiger partial charge is 0.176 e. The molecule has 0 fully saturated rings. The minimum absolute atomic E-state index is 0.239. The van der Waals surface area contributed by atoms with Crippen molar-refractivity contribution in [3.8, 4) is 0 Å². The lowest BCUT2D eigenvalue weighted by molar-refractivity contribution is 0.581. The highest BCUT2D eigenvalue weighted by molar-refractivity contribution is 7.80. The van der Waals surface area contributed by atoms with Gasteiger partial charge in [-0.25, -0.2) is 4.39 Å². The van der Waals surface area contributed by atoms with Crippen LogP contribution >= 0.6 is 23.8 Å². The average Bonchev–Trinajstić information content (AvgIpc) is 3.04. The van der Waals surface area contributed by atoms with Gasteiger partial charge in [0.15, 0.2) is 10.9 Å². The van der Waals surface area contributed by atoms with Gasteiger partial charge < -0.3 is 10.6 Å². The first-order valence-electron chi connectivity index (χ1n) is 9.04. The quantitative estimate of drug-likeness (QED) is 0.394. The normalized spacial score (nSPS) is 10.9. The predicted molar refractivity (Wildman–Crippen MR) is 121 cm³/mol. The Hall–Kier alpha value is -2.96. The van der Waals surface area contributed by atoms with Crippen molar-refractivity contribution in [1.29, 1.82) is 0 Å². The van der Waals surface area contributed by atoms with Crippen LogP contribution < -0.4 is 10.6 Å². The Labute approximate surface area is 178 Å². The van der Waals surface area contributed by atoms with E-state index >= 15 is 0 Å². The van der Waals surface area contributed by atoms with Gasteiger partial charge in [0.05, 0.1) is 6.54 Å². The molecule has 0 atom stereocenters. The summed E-state index contributed by atoms with van der Waals surface area (Å²) in [6, 6.07) is 20.6. The highest BCUT2D eigenvalue weighted by Gasteiger charge is 2.12. The molecule has 4 aromatic rings. The summed E-state index contributed by atoms with van der Waals surface area (Å²) in [6.07, 6.45) is 0. The third-order valence-corrected chi connectivity index (χ3v) is 5.19. The van der Waals surface area contributed by atoms with Crippen LogP contribution in [0, 0.1) is 12.7 Å². The van der Waals surface area contributed by atoms with Crippen LogP contribution in [0.5, 0.6) is 0 Å². The fourth-order valence-corrected chi connectivity index (χ4v) is 3.61. The molecule has 3 aromatic carbocycles. The summed E-state index contributed by atoms with van der Waals surface area (Å²) >= 11 is 11.6. The number of fused-ring (bicyclic) bond motifs is 1.